The monoisotopic (exact) mass is 443 g/mol. The van der Waals surface area contributed by atoms with Crippen LogP contribution in [-0.4, -0.2) is 39.7 Å². The summed E-state index contributed by atoms with van der Waals surface area (Å²) in [6.45, 7) is 3.32. The fraction of sp³-hybridized carbons (Fsp3) is 0.286. The third kappa shape index (κ3) is 4.49. The number of thiophene rings is 1. The van der Waals surface area contributed by atoms with Crippen molar-refractivity contribution >= 4 is 46.4 Å². The number of urea groups is 1. The summed E-state index contributed by atoms with van der Waals surface area (Å²) in [6, 6.07) is 12.4. The Hall–Kier alpha value is -2.84. The Morgan fingerprint density at radius 1 is 1.10 bits per heavy atom. The lowest BCUT2D eigenvalue weighted by Crippen LogP contribution is -2.39. The lowest BCUT2D eigenvalue weighted by atomic mass is 10.1. The number of para-hydroxylation sites is 1. The van der Waals surface area contributed by atoms with E-state index in [1.807, 2.05) is 28.6 Å². The van der Waals surface area contributed by atoms with Crippen LogP contribution in [0.1, 0.15) is 33.4 Å². The van der Waals surface area contributed by atoms with Crippen molar-refractivity contribution < 1.29 is 9.59 Å². The van der Waals surface area contributed by atoms with Crippen LogP contribution in [0.15, 0.2) is 48.7 Å². The summed E-state index contributed by atoms with van der Waals surface area (Å²) in [4.78, 5) is 28.9. The molecule has 1 aromatic carbocycles. The first-order valence-corrected chi connectivity index (χ1v) is 10.9. The van der Waals surface area contributed by atoms with Gasteiger partial charge in [0.2, 0.25) is 0 Å². The van der Waals surface area contributed by atoms with Gasteiger partial charge in [0, 0.05) is 24.0 Å². The second kappa shape index (κ2) is 8.89. The second-order valence-electron chi connectivity index (χ2n) is 7.15. The largest absolute Gasteiger partial charge is 0.338 e. The standard InChI is InChI=1S/C21H22ClN5O2S/c1-14-6-7-18(30-14)20(28)26-12-9-15(10-13-26)27-19(8-11-23-27)25-21(29)24-17-5-3-2-4-16(17)22/h2-8,11,15H,9-10,12-13H2,1H3,(H2,24,25,29). The minimum Gasteiger partial charge on any atom is -0.338 e. The van der Waals surface area contributed by atoms with E-state index in [-0.39, 0.29) is 18.0 Å². The molecule has 9 heteroatoms. The van der Waals surface area contributed by atoms with Crippen molar-refractivity contribution in [2.24, 2.45) is 0 Å². The van der Waals surface area contributed by atoms with Crippen LogP contribution >= 0.6 is 22.9 Å². The third-order valence-electron chi connectivity index (χ3n) is 5.08. The number of benzene rings is 1. The van der Waals surface area contributed by atoms with Crippen LogP contribution in [0.4, 0.5) is 16.3 Å². The molecule has 2 aromatic heterocycles. The van der Waals surface area contributed by atoms with E-state index in [9.17, 15) is 9.59 Å². The Kier molecular flexibility index (Phi) is 6.06. The number of carbonyl (C=O) groups is 2. The average molecular weight is 444 g/mol. The van der Waals surface area contributed by atoms with E-state index < -0.39 is 0 Å². The molecule has 0 atom stereocenters. The quantitative estimate of drug-likeness (QED) is 0.593. The van der Waals surface area contributed by atoms with Gasteiger partial charge in [-0.3, -0.25) is 10.1 Å². The maximum absolute atomic E-state index is 12.7. The molecule has 0 bridgehead atoms. The molecule has 2 N–H and O–H groups in total. The number of aromatic nitrogens is 2. The number of likely N-dealkylation sites (tertiary alicyclic amines) is 1. The maximum Gasteiger partial charge on any atom is 0.324 e. The van der Waals surface area contributed by atoms with E-state index in [0.717, 1.165) is 22.6 Å². The first kappa shape index (κ1) is 20.4. The Balaban J connectivity index is 1.36. The van der Waals surface area contributed by atoms with Crippen molar-refractivity contribution in [3.05, 3.63) is 63.4 Å². The number of rotatable bonds is 4. The van der Waals surface area contributed by atoms with Gasteiger partial charge in [-0.05, 0) is 44.0 Å². The number of anilines is 2. The highest BCUT2D eigenvalue weighted by Crippen LogP contribution is 2.28. The minimum absolute atomic E-state index is 0.0875. The number of carbonyl (C=O) groups excluding carboxylic acids is 2. The van der Waals surface area contributed by atoms with E-state index in [1.54, 1.807) is 36.5 Å². The smallest absolute Gasteiger partial charge is 0.324 e. The van der Waals surface area contributed by atoms with Crippen LogP contribution in [-0.2, 0) is 0 Å². The number of amides is 3. The zero-order valence-electron chi connectivity index (χ0n) is 16.5. The van der Waals surface area contributed by atoms with Gasteiger partial charge in [-0.25, -0.2) is 9.48 Å². The number of aryl methyl sites for hydroxylation is 1. The molecule has 4 rings (SSSR count). The first-order valence-electron chi connectivity index (χ1n) is 9.73. The Labute approximate surface area is 183 Å². The van der Waals surface area contributed by atoms with E-state index in [0.29, 0.717) is 29.6 Å². The fourth-order valence-electron chi connectivity index (χ4n) is 3.56. The lowest BCUT2D eigenvalue weighted by molar-refractivity contribution is 0.0696. The molecule has 30 heavy (non-hydrogen) atoms. The molecule has 3 aromatic rings. The van der Waals surface area contributed by atoms with Gasteiger partial charge in [-0.2, -0.15) is 5.10 Å². The normalized spacial score (nSPS) is 14.5. The highest BCUT2D eigenvalue weighted by Gasteiger charge is 2.27. The van der Waals surface area contributed by atoms with Gasteiger partial charge in [-0.15, -0.1) is 11.3 Å². The second-order valence-corrected chi connectivity index (χ2v) is 8.85. The van der Waals surface area contributed by atoms with E-state index in [1.165, 1.54) is 11.3 Å². The van der Waals surface area contributed by atoms with Crippen LogP contribution < -0.4 is 10.6 Å². The molecule has 0 radical (unpaired) electrons. The van der Waals surface area contributed by atoms with Gasteiger partial charge in [0.25, 0.3) is 5.91 Å². The maximum atomic E-state index is 12.7. The number of halogens is 1. The number of hydrogen-bond acceptors (Lipinski definition) is 4. The molecule has 1 aliphatic heterocycles. The van der Waals surface area contributed by atoms with Gasteiger partial charge in [0.15, 0.2) is 0 Å². The van der Waals surface area contributed by atoms with Crippen molar-refractivity contribution in [3.8, 4) is 0 Å². The molecule has 1 fully saturated rings. The predicted octanol–water partition coefficient (Wildman–Crippen LogP) is 5.03. The summed E-state index contributed by atoms with van der Waals surface area (Å²) in [5, 5.41) is 10.5. The van der Waals surface area contributed by atoms with Gasteiger partial charge < -0.3 is 10.2 Å². The molecule has 0 saturated carbocycles. The number of hydrogen-bond donors (Lipinski definition) is 2. The summed E-state index contributed by atoms with van der Waals surface area (Å²) in [6.07, 6.45) is 3.22. The van der Waals surface area contributed by atoms with Crippen molar-refractivity contribution in [3.63, 3.8) is 0 Å². The van der Waals surface area contributed by atoms with E-state index in [2.05, 4.69) is 15.7 Å². The Bertz CT molecular complexity index is 1060. The van der Waals surface area contributed by atoms with Gasteiger partial charge in [0.1, 0.15) is 5.82 Å². The lowest BCUT2D eigenvalue weighted by Gasteiger charge is -2.32. The predicted molar refractivity (Wildman–Crippen MR) is 120 cm³/mol. The van der Waals surface area contributed by atoms with E-state index >= 15 is 0 Å². The molecule has 0 unspecified atom stereocenters. The average Bonchev–Trinajstić information content (AvgIpc) is 3.38. The third-order valence-corrected chi connectivity index (χ3v) is 6.40. The van der Waals surface area contributed by atoms with Crippen LogP contribution in [0.3, 0.4) is 0 Å². The fourth-order valence-corrected chi connectivity index (χ4v) is 4.57. The molecule has 3 amide bonds. The van der Waals surface area contributed by atoms with Gasteiger partial charge in [-0.1, -0.05) is 23.7 Å². The molecule has 156 valence electrons. The molecule has 1 saturated heterocycles. The zero-order chi connectivity index (χ0) is 21.1. The number of piperidine rings is 1. The Morgan fingerprint density at radius 3 is 2.57 bits per heavy atom. The SMILES string of the molecule is Cc1ccc(C(=O)N2CCC(n3nccc3NC(=O)Nc3ccccc3Cl)CC2)s1. The molecule has 3 heterocycles. The molecule has 0 aliphatic carbocycles. The van der Waals surface area contributed by atoms with Crippen molar-refractivity contribution in [2.45, 2.75) is 25.8 Å². The van der Waals surface area contributed by atoms with E-state index in [4.69, 9.17) is 11.6 Å². The summed E-state index contributed by atoms with van der Waals surface area (Å²) in [7, 11) is 0. The van der Waals surface area contributed by atoms with Crippen LogP contribution in [0.2, 0.25) is 5.02 Å². The Morgan fingerprint density at radius 2 is 1.87 bits per heavy atom. The molecular weight excluding hydrogens is 422 g/mol. The molecule has 0 spiro atoms. The van der Waals surface area contributed by atoms with Crippen molar-refractivity contribution in [2.75, 3.05) is 23.7 Å². The summed E-state index contributed by atoms with van der Waals surface area (Å²) in [5.41, 5.74) is 0.540. The number of nitrogens with zero attached hydrogens (tertiary/aromatic N) is 3. The molecular formula is C21H22ClN5O2S. The topological polar surface area (TPSA) is 79.3 Å². The highest BCUT2D eigenvalue weighted by atomic mass is 35.5. The van der Waals surface area contributed by atoms with Crippen LogP contribution in [0.5, 0.6) is 0 Å². The molecule has 1 aliphatic rings. The van der Waals surface area contributed by atoms with Crippen molar-refractivity contribution in [1.29, 1.82) is 0 Å². The summed E-state index contributed by atoms with van der Waals surface area (Å²) in [5.74, 6) is 0.697. The highest BCUT2D eigenvalue weighted by molar-refractivity contribution is 7.13. The van der Waals surface area contributed by atoms with Crippen molar-refractivity contribution in [1.82, 2.24) is 14.7 Å². The zero-order valence-corrected chi connectivity index (χ0v) is 18.0. The minimum atomic E-state index is -0.384. The van der Waals surface area contributed by atoms with Crippen LogP contribution in [0.25, 0.3) is 0 Å². The summed E-state index contributed by atoms with van der Waals surface area (Å²) < 4.78 is 1.82. The first-order chi connectivity index (χ1) is 14.5. The van der Waals surface area contributed by atoms with Gasteiger partial charge in [0.05, 0.1) is 27.8 Å². The van der Waals surface area contributed by atoms with Crippen LogP contribution in [0, 0.1) is 6.92 Å². The van der Waals surface area contributed by atoms with Gasteiger partial charge >= 0.3 is 6.03 Å². The number of nitrogens with one attached hydrogen (secondary N) is 2. The summed E-state index contributed by atoms with van der Waals surface area (Å²) >= 11 is 7.62. The molecule has 7 nitrogen and oxygen atoms in total.